The smallest absolute Gasteiger partial charge is 0.0426 e. The van der Waals surface area contributed by atoms with Gasteiger partial charge >= 0.3 is 0 Å². The number of hydrogen-bond donors (Lipinski definition) is 0. The van der Waals surface area contributed by atoms with Gasteiger partial charge in [0.25, 0.3) is 0 Å². The maximum Gasteiger partial charge on any atom is 0.0426 e. The fraction of sp³-hybridized carbons (Fsp3) is 0.235. The first-order valence-electron chi connectivity index (χ1n) is 6.57. The van der Waals surface area contributed by atoms with Gasteiger partial charge in [0.15, 0.2) is 0 Å². The van der Waals surface area contributed by atoms with E-state index in [1.807, 2.05) is 0 Å². The van der Waals surface area contributed by atoms with Crippen LogP contribution in [0.15, 0.2) is 65.7 Å². The van der Waals surface area contributed by atoms with Crippen LogP contribution in [0.4, 0.5) is 0 Å². The zero-order valence-corrected chi connectivity index (χ0v) is 10.4. The van der Waals surface area contributed by atoms with Crippen molar-refractivity contribution in [2.24, 2.45) is 4.99 Å². The van der Waals surface area contributed by atoms with Gasteiger partial charge in [0.1, 0.15) is 0 Å². The van der Waals surface area contributed by atoms with Crippen molar-refractivity contribution in [3.63, 3.8) is 0 Å². The van der Waals surface area contributed by atoms with Crippen molar-refractivity contribution in [2.45, 2.75) is 18.8 Å². The Morgan fingerprint density at radius 3 is 2.22 bits per heavy atom. The second-order valence-electron chi connectivity index (χ2n) is 4.79. The van der Waals surface area contributed by atoms with Crippen LogP contribution in [0.5, 0.6) is 0 Å². The van der Waals surface area contributed by atoms with E-state index in [1.54, 1.807) is 0 Å². The highest BCUT2D eigenvalue weighted by molar-refractivity contribution is 6.01. The van der Waals surface area contributed by atoms with E-state index in [9.17, 15) is 0 Å². The van der Waals surface area contributed by atoms with Crippen molar-refractivity contribution < 1.29 is 0 Å². The zero-order valence-electron chi connectivity index (χ0n) is 10.4. The average Bonchev–Trinajstić information content (AvgIpc) is 2.49. The Kier molecular flexibility index (Phi) is 3.22. The molecule has 1 unspecified atom stereocenters. The summed E-state index contributed by atoms with van der Waals surface area (Å²) in [7, 11) is 0. The van der Waals surface area contributed by atoms with Crippen LogP contribution in [0.1, 0.15) is 29.9 Å². The first-order chi connectivity index (χ1) is 8.93. The van der Waals surface area contributed by atoms with Crippen LogP contribution in [-0.4, -0.2) is 12.3 Å². The molecule has 0 spiro atoms. The molecule has 0 aromatic heterocycles. The Morgan fingerprint density at radius 2 is 1.50 bits per heavy atom. The fourth-order valence-electron chi connectivity index (χ4n) is 2.60. The monoisotopic (exact) mass is 235 g/mol. The Hall–Kier alpha value is -1.89. The van der Waals surface area contributed by atoms with E-state index < -0.39 is 0 Å². The molecule has 3 rings (SSSR count). The minimum Gasteiger partial charge on any atom is -0.289 e. The summed E-state index contributed by atoms with van der Waals surface area (Å²) < 4.78 is 0. The molecular formula is C17H17N. The molecule has 18 heavy (non-hydrogen) atoms. The van der Waals surface area contributed by atoms with Gasteiger partial charge in [-0.15, -0.1) is 0 Å². The number of rotatable bonds is 2. The molecule has 0 N–H and O–H groups in total. The van der Waals surface area contributed by atoms with Crippen molar-refractivity contribution in [3.8, 4) is 0 Å². The SMILES string of the molecule is c1ccc(C2=NCCC(c3ccccc3)C2)cc1. The van der Waals surface area contributed by atoms with Crippen molar-refractivity contribution in [3.05, 3.63) is 71.8 Å². The molecule has 0 fully saturated rings. The lowest BCUT2D eigenvalue weighted by atomic mass is 9.86. The van der Waals surface area contributed by atoms with Crippen LogP contribution >= 0.6 is 0 Å². The summed E-state index contributed by atoms with van der Waals surface area (Å²) >= 11 is 0. The van der Waals surface area contributed by atoms with Crippen molar-refractivity contribution >= 4 is 5.71 Å². The van der Waals surface area contributed by atoms with E-state index in [1.165, 1.54) is 23.3 Å². The number of benzene rings is 2. The highest BCUT2D eigenvalue weighted by Gasteiger charge is 2.18. The molecule has 1 nitrogen and oxygen atoms in total. The molecule has 1 heteroatoms. The van der Waals surface area contributed by atoms with Gasteiger partial charge in [-0.3, -0.25) is 4.99 Å². The van der Waals surface area contributed by atoms with E-state index in [4.69, 9.17) is 4.99 Å². The minimum atomic E-state index is 0.624. The summed E-state index contributed by atoms with van der Waals surface area (Å²) in [6.45, 7) is 0.948. The maximum absolute atomic E-state index is 4.69. The van der Waals surface area contributed by atoms with Crippen LogP contribution < -0.4 is 0 Å². The van der Waals surface area contributed by atoms with Crippen molar-refractivity contribution in [2.75, 3.05) is 6.54 Å². The van der Waals surface area contributed by atoms with E-state index in [0.717, 1.165) is 13.0 Å². The topological polar surface area (TPSA) is 12.4 Å². The quantitative estimate of drug-likeness (QED) is 0.744. The third-order valence-electron chi connectivity index (χ3n) is 3.60. The highest BCUT2D eigenvalue weighted by Crippen LogP contribution is 2.28. The molecular weight excluding hydrogens is 218 g/mol. The molecule has 0 saturated carbocycles. The van der Waals surface area contributed by atoms with Gasteiger partial charge in [-0.05, 0) is 29.9 Å². The molecule has 1 aliphatic rings. The van der Waals surface area contributed by atoms with E-state index in [2.05, 4.69) is 60.7 Å². The molecule has 1 aliphatic heterocycles. The van der Waals surface area contributed by atoms with Crippen LogP contribution in [0, 0.1) is 0 Å². The normalized spacial score (nSPS) is 19.3. The molecule has 2 aromatic carbocycles. The second kappa shape index (κ2) is 5.18. The van der Waals surface area contributed by atoms with Crippen LogP contribution in [0.3, 0.4) is 0 Å². The van der Waals surface area contributed by atoms with E-state index >= 15 is 0 Å². The Bertz CT molecular complexity index is 528. The largest absolute Gasteiger partial charge is 0.289 e. The van der Waals surface area contributed by atoms with Gasteiger partial charge in [-0.25, -0.2) is 0 Å². The Labute approximate surface area is 108 Å². The lowest BCUT2D eigenvalue weighted by Crippen LogP contribution is -2.15. The first-order valence-corrected chi connectivity index (χ1v) is 6.57. The molecule has 0 radical (unpaired) electrons. The predicted octanol–water partition coefficient (Wildman–Crippen LogP) is 4.05. The molecule has 0 aliphatic carbocycles. The average molecular weight is 235 g/mol. The third kappa shape index (κ3) is 2.35. The lowest BCUT2D eigenvalue weighted by Gasteiger charge is -2.22. The predicted molar refractivity (Wildman–Crippen MR) is 76.3 cm³/mol. The second-order valence-corrected chi connectivity index (χ2v) is 4.79. The van der Waals surface area contributed by atoms with Crippen LogP contribution in [0.2, 0.25) is 0 Å². The zero-order chi connectivity index (χ0) is 12.2. The summed E-state index contributed by atoms with van der Waals surface area (Å²) in [6, 6.07) is 21.4. The number of aliphatic imine (C=N–C) groups is 1. The fourth-order valence-corrected chi connectivity index (χ4v) is 2.60. The lowest BCUT2D eigenvalue weighted by molar-refractivity contribution is 0.630. The van der Waals surface area contributed by atoms with Gasteiger partial charge in [0.05, 0.1) is 0 Å². The van der Waals surface area contributed by atoms with Gasteiger partial charge in [-0.1, -0.05) is 60.7 Å². The third-order valence-corrected chi connectivity index (χ3v) is 3.60. The van der Waals surface area contributed by atoms with Gasteiger partial charge in [0, 0.05) is 12.3 Å². The number of hydrogen-bond acceptors (Lipinski definition) is 1. The Morgan fingerprint density at radius 1 is 0.833 bits per heavy atom. The molecule has 90 valence electrons. The van der Waals surface area contributed by atoms with Gasteiger partial charge < -0.3 is 0 Å². The van der Waals surface area contributed by atoms with Crippen molar-refractivity contribution in [1.82, 2.24) is 0 Å². The summed E-state index contributed by atoms with van der Waals surface area (Å²) in [5.74, 6) is 0.624. The highest BCUT2D eigenvalue weighted by atomic mass is 14.8. The Balaban J connectivity index is 1.82. The first kappa shape index (κ1) is 11.2. The van der Waals surface area contributed by atoms with Gasteiger partial charge in [0.2, 0.25) is 0 Å². The molecule has 0 amide bonds. The standard InChI is InChI=1S/C17H17N/c1-3-7-14(8-4-1)16-11-12-18-17(13-16)15-9-5-2-6-10-15/h1-10,16H,11-13H2. The molecule has 0 bridgehead atoms. The molecule has 2 aromatic rings. The summed E-state index contributed by atoms with van der Waals surface area (Å²) in [6.07, 6.45) is 2.23. The summed E-state index contributed by atoms with van der Waals surface area (Å²) in [4.78, 5) is 4.69. The number of nitrogens with zero attached hydrogens (tertiary/aromatic N) is 1. The molecule has 1 heterocycles. The van der Waals surface area contributed by atoms with Crippen LogP contribution in [-0.2, 0) is 0 Å². The molecule has 1 atom stereocenters. The van der Waals surface area contributed by atoms with Gasteiger partial charge in [-0.2, -0.15) is 0 Å². The molecule has 0 saturated heterocycles. The maximum atomic E-state index is 4.69. The van der Waals surface area contributed by atoms with E-state index in [0.29, 0.717) is 5.92 Å². The summed E-state index contributed by atoms with van der Waals surface area (Å²) in [5, 5.41) is 0. The minimum absolute atomic E-state index is 0.624. The van der Waals surface area contributed by atoms with Crippen molar-refractivity contribution in [1.29, 1.82) is 0 Å². The van der Waals surface area contributed by atoms with E-state index in [-0.39, 0.29) is 0 Å². The summed E-state index contributed by atoms with van der Waals surface area (Å²) in [5.41, 5.74) is 3.98. The van der Waals surface area contributed by atoms with Crippen LogP contribution in [0.25, 0.3) is 0 Å².